The fourth-order valence-corrected chi connectivity index (χ4v) is 1.50. The van der Waals surface area contributed by atoms with Gasteiger partial charge in [0.15, 0.2) is 5.69 Å². The fourth-order valence-electron chi connectivity index (χ4n) is 1.50. The van der Waals surface area contributed by atoms with Crippen LogP contribution in [-0.2, 0) is 4.74 Å². The van der Waals surface area contributed by atoms with Crippen molar-refractivity contribution in [2.45, 2.75) is 26.4 Å². The minimum atomic E-state index is -0.563. The van der Waals surface area contributed by atoms with Gasteiger partial charge in [-0.1, -0.05) is 17.3 Å². The number of nitrogens with zero attached hydrogens (tertiary/aromatic N) is 3. The lowest BCUT2D eigenvalue weighted by Crippen LogP contribution is -2.24. The smallest absolute Gasteiger partial charge is 0.361 e. The van der Waals surface area contributed by atoms with Crippen LogP contribution in [0.4, 0.5) is 5.69 Å². The molecule has 0 radical (unpaired) electrons. The van der Waals surface area contributed by atoms with Crippen LogP contribution >= 0.6 is 0 Å². The van der Waals surface area contributed by atoms with Gasteiger partial charge in [0, 0.05) is 0 Å². The maximum atomic E-state index is 11.8. The molecule has 0 atom stereocenters. The Bertz CT molecular complexity index is 599. The molecule has 0 aliphatic rings. The van der Waals surface area contributed by atoms with E-state index in [4.69, 9.17) is 10.5 Å². The summed E-state index contributed by atoms with van der Waals surface area (Å²) in [6.07, 6.45) is 1.50. The van der Waals surface area contributed by atoms with Gasteiger partial charge >= 0.3 is 5.97 Å². The zero-order chi connectivity index (χ0) is 14.0. The van der Waals surface area contributed by atoms with Crippen molar-refractivity contribution in [3.05, 3.63) is 36.2 Å². The second-order valence-corrected chi connectivity index (χ2v) is 5.11. The Morgan fingerprint density at radius 1 is 1.32 bits per heavy atom. The third-order valence-electron chi connectivity index (χ3n) is 2.28. The van der Waals surface area contributed by atoms with Gasteiger partial charge in [-0.25, -0.2) is 9.48 Å². The standard InChI is InChI=1S/C13H16N4O2/c1-13(2,3)19-12(18)10-8-17(16-15-10)11-7-5-4-6-9(11)14/h4-8H,14H2,1-3H3. The molecule has 0 saturated carbocycles. The van der Waals surface area contributed by atoms with Gasteiger partial charge in [-0.2, -0.15) is 0 Å². The van der Waals surface area contributed by atoms with E-state index in [1.54, 1.807) is 32.9 Å². The van der Waals surface area contributed by atoms with Gasteiger partial charge < -0.3 is 10.5 Å². The number of ether oxygens (including phenoxy) is 1. The maximum absolute atomic E-state index is 11.8. The number of aromatic nitrogens is 3. The maximum Gasteiger partial charge on any atom is 0.361 e. The van der Waals surface area contributed by atoms with Gasteiger partial charge in [0.2, 0.25) is 0 Å². The Kier molecular flexibility index (Phi) is 3.25. The number of rotatable bonds is 2. The van der Waals surface area contributed by atoms with Gasteiger partial charge in [0.25, 0.3) is 0 Å². The lowest BCUT2D eigenvalue weighted by molar-refractivity contribution is 0.00627. The number of hydrogen-bond donors (Lipinski definition) is 1. The summed E-state index contributed by atoms with van der Waals surface area (Å²) < 4.78 is 6.67. The van der Waals surface area contributed by atoms with E-state index in [9.17, 15) is 4.79 Å². The largest absolute Gasteiger partial charge is 0.455 e. The SMILES string of the molecule is CC(C)(C)OC(=O)c1cn(-c2ccccc2N)nn1. The van der Waals surface area contributed by atoms with E-state index in [2.05, 4.69) is 10.3 Å². The summed E-state index contributed by atoms with van der Waals surface area (Å²) in [5.74, 6) is -0.506. The molecule has 0 aliphatic heterocycles. The Morgan fingerprint density at radius 2 is 2.00 bits per heavy atom. The number of hydrogen-bond acceptors (Lipinski definition) is 5. The van der Waals surface area contributed by atoms with E-state index < -0.39 is 11.6 Å². The topological polar surface area (TPSA) is 83.0 Å². The first-order chi connectivity index (χ1) is 8.87. The van der Waals surface area contributed by atoms with E-state index in [-0.39, 0.29) is 5.69 Å². The summed E-state index contributed by atoms with van der Waals surface area (Å²) in [4.78, 5) is 11.8. The predicted molar refractivity (Wildman–Crippen MR) is 70.9 cm³/mol. The van der Waals surface area contributed by atoms with Crippen LogP contribution in [0, 0.1) is 0 Å². The highest BCUT2D eigenvalue weighted by Crippen LogP contribution is 2.16. The lowest BCUT2D eigenvalue weighted by atomic mass is 10.2. The molecule has 0 aliphatic carbocycles. The van der Waals surface area contributed by atoms with E-state index >= 15 is 0 Å². The summed E-state index contributed by atoms with van der Waals surface area (Å²) in [6.45, 7) is 5.39. The van der Waals surface area contributed by atoms with Crippen LogP contribution in [0.1, 0.15) is 31.3 Å². The summed E-state index contributed by atoms with van der Waals surface area (Å²) in [5, 5.41) is 7.68. The quantitative estimate of drug-likeness (QED) is 0.657. The highest BCUT2D eigenvalue weighted by atomic mass is 16.6. The molecule has 0 saturated heterocycles. The number of nitrogens with two attached hydrogens (primary N) is 1. The molecule has 19 heavy (non-hydrogen) atoms. The first-order valence-corrected chi connectivity index (χ1v) is 5.87. The Hall–Kier alpha value is -2.37. The average molecular weight is 260 g/mol. The number of anilines is 1. The molecular formula is C13H16N4O2. The molecule has 1 aromatic carbocycles. The van der Waals surface area contributed by atoms with E-state index in [0.29, 0.717) is 11.4 Å². The summed E-state index contributed by atoms with van der Waals surface area (Å²) in [7, 11) is 0. The second-order valence-electron chi connectivity index (χ2n) is 5.11. The molecule has 1 heterocycles. The molecule has 100 valence electrons. The van der Waals surface area contributed by atoms with E-state index in [1.165, 1.54) is 10.9 Å². The summed E-state index contributed by atoms with van der Waals surface area (Å²) >= 11 is 0. The predicted octanol–water partition coefficient (Wildman–Crippen LogP) is 1.80. The summed E-state index contributed by atoms with van der Waals surface area (Å²) in [6, 6.07) is 7.21. The van der Waals surface area contributed by atoms with Gasteiger partial charge in [-0.3, -0.25) is 0 Å². The van der Waals surface area contributed by atoms with Crippen LogP contribution in [0.15, 0.2) is 30.5 Å². The molecule has 2 rings (SSSR count). The molecule has 0 spiro atoms. The number of carbonyl (C=O) groups is 1. The van der Waals surface area contributed by atoms with Gasteiger partial charge in [-0.05, 0) is 32.9 Å². The zero-order valence-corrected chi connectivity index (χ0v) is 11.1. The van der Waals surface area contributed by atoms with Crippen molar-refractivity contribution in [1.82, 2.24) is 15.0 Å². The number of esters is 1. The molecule has 2 aromatic rings. The van der Waals surface area contributed by atoms with Crippen molar-refractivity contribution >= 4 is 11.7 Å². The fraction of sp³-hybridized carbons (Fsp3) is 0.308. The first kappa shape index (κ1) is 13.1. The zero-order valence-electron chi connectivity index (χ0n) is 11.1. The van der Waals surface area contributed by atoms with Gasteiger partial charge in [-0.15, -0.1) is 5.10 Å². The van der Waals surface area contributed by atoms with Crippen molar-refractivity contribution < 1.29 is 9.53 Å². The minimum Gasteiger partial charge on any atom is -0.455 e. The van der Waals surface area contributed by atoms with Crippen molar-refractivity contribution in [3.63, 3.8) is 0 Å². The normalized spacial score (nSPS) is 11.3. The third-order valence-corrected chi connectivity index (χ3v) is 2.28. The monoisotopic (exact) mass is 260 g/mol. The minimum absolute atomic E-state index is 0.151. The van der Waals surface area contributed by atoms with Crippen LogP contribution < -0.4 is 5.73 Å². The molecule has 0 unspecified atom stereocenters. The number of carbonyl (C=O) groups excluding carboxylic acids is 1. The van der Waals surface area contributed by atoms with Gasteiger partial charge in [0.05, 0.1) is 17.6 Å². The van der Waals surface area contributed by atoms with Crippen molar-refractivity contribution in [3.8, 4) is 5.69 Å². The van der Waals surface area contributed by atoms with E-state index in [1.807, 2.05) is 12.1 Å². The molecule has 1 aromatic heterocycles. The lowest BCUT2D eigenvalue weighted by Gasteiger charge is -2.18. The number of nitrogen functional groups attached to an aromatic ring is 1. The molecule has 0 amide bonds. The summed E-state index contributed by atoms with van der Waals surface area (Å²) in [5.41, 5.74) is 6.65. The Morgan fingerprint density at radius 3 is 2.63 bits per heavy atom. The highest BCUT2D eigenvalue weighted by molar-refractivity contribution is 5.87. The molecule has 0 fully saturated rings. The van der Waals surface area contributed by atoms with Crippen molar-refractivity contribution in [1.29, 1.82) is 0 Å². The van der Waals surface area contributed by atoms with Crippen molar-refractivity contribution in [2.24, 2.45) is 0 Å². The van der Waals surface area contributed by atoms with E-state index in [0.717, 1.165) is 0 Å². The van der Waals surface area contributed by atoms with Crippen LogP contribution in [0.3, 0.4) is 0 Å². The third kappa shape index (κ3) is 3.09. The molecule has 6 heteroatoms. The number of benzene rings is 1. The van der Waals surface area contributed by atoms with Crippen LogP contribution in [0.25, 0.3) is 5.69 Å². The second kappa shape index (κ2) is 4.72. The molecular weight excluding hydrogens is 244 g/mol. The molecule has 6 nitrogen and oxygen atoms in total. The molecule has 0 bridgehead atoms. The van der Waals surface area contributed by atoms with Crippen LogP contribution in [0.2, 0.25) is 0 Å². The first-order valence-electron chi connectivity index (χ1n) is 5.87. The average Bonchev–Trinajstić information content (AvgIpc) is 2.76. The highest BCUT2D eigenvalue weighted by Gasteiger charge is 2.20. The van der Waals surface area contributed by atoms with Gasteiger partial charge in [0.1, 0.15) is 5.60 Å². The molecule has 2 N–H and O–H groups in total. The van der Waals surface area contributed by atoms with Crippen LogP contribution in [-0.4, -0.2) is 26.6 Å². The number of para-hydroxylation sites is 2. The van der Waals surface area contributed by atoms with Crippen molar-refractivity contribution in [2.75, 3.05) is 5.73 Å². The Balaban J connectivity index is 2.25. The Labute approximate surface area is 111 Å². The van der Waals surface area contributed by atoms with Crippen LogP contribution in [0.5, 0.6) is 0 Å².